The van der Waals surface area contributed by atoms with Gasteiger partial charge in [-0.25, -0.2) is 9.59 Å². The number of esters is 2. The molecule has 4 atom stereocenters. The molecule has 2 aromatic rings. The minimum Gasteiger partial charge on any atom is -0.462 e. The van der Waals surface area contributed by atoms with Crippen molar-refractivity contribution in [1.29, 1.82) is 0 Å². The van der Waals surface area contributed by atoms with Crippen LogP contribution in [-0.4, -0.2) is 42.9 Å². The van der Waals surface area contributed by atoms with E-state index in [1.165, 1.54) is 17.0 Å². The van der Waals surface area contributed by atoms with E-state index in [4.69, 9.17) is 9.47 Å². The zero-order valence-electron chi connectivity index (χ0n) is 21.2. The summed E-state index contributed by atoms with van der Waals surface area (Å²) in [5, 5.41) is 2.61. The molecular weight excluding hydrogens is 488 g/mol. The van der Waals surface area contributed by atoms with Gasteiger partial charge in [-0.2, -0.15) is 0 Å². The van der Waals surface area contributed by atoms with E-state index < -0.39 is 24.5 Å². The second kappa shape index (κ2) is 10.8. The van der Waals surface area contributed by atoms with Crippen molar-refractivity contribution in [2.24, 2.45) is 23.7 Å². The molecule has 0 aromatic heterocycles. The fourth-order valence-corrected chi connectivity index (χ4v) is 5.93. The third-order valence-electron chi connectivity index (χ3n) is 7.74. The largest absolute Gasteiger partial charge is 0.462 e. The Bertz CT molecular complexity index is 1240. The average molecular weight is 519 g/mol. The normalized spacial score (nSPS) is 23.3. The minimum atomic E-state index is -0.744. The molecule has 5 rings (SSSR count). The highest BCUT2D eigenvalue weighted by Crippen LogP contribution is 2.56. The van der Waals surface area contributed by atoms with E-state index in [0.717, 1.165) is 32.1 Å². The summed E-state index contributed by atoms with van der Waals surface area (Å²) in [6.45, 7) is 1.83. The third kappa shape index (κ3) is 4.92. The molecule has 2 bridgehead atoms. The van der Waals surface area contributed by atoms with Gasteiger partial charge in [0.05, 0.1) is 35.3 Å². The molecule has 2 saturated carbocycles. The van der Waals surface area contributed by atoms with Crippen LogP contribution in [0.5, 0.6) is 0 Å². The number of carbonyl (C=O) groups excluding carboxylic acids is 5. The van der Waals surface area contributed by atoms with Crippen LogP contribution in [0.4, 0.5) is 11.4 Å². The van der Waals surface area contributed by atoms with Crippen LogP contribution >= 0.6 is 0 Å². The van der Waals surface area contributed by atoms with Gasteiger partial charge in [0, 0.05) is 5.69 Å². The highest BCUT2D eigenvalue weighted by molar-refractivity contribution is 6.22. The minimum absolute atomic E-state index is 0.141. The molecule has 0 radical (unpaired) electrons. The van der Waals surface area contributed by atoms with Crippen LogP contribution in [0.2, 0.25) is 0 Å². The molecule has 38 heavy (non-hydrogen) atoms. The van der Waals surface area contributed by atoms with E-state index in [0.29, 0.717) is 23.5 Å². The smallest absolute Gasteiger partial charge is 0.338 e. The van der Waals surface area contributed by atoms with Gasteiger partial charge in [-0.1, -0.05) is 19.4 Å². The summed E-state index contributed by atoms with van der Waals surface area (Å²) in [4.78, 5) is 64.3. The predicted octanol–water partition coefficient (Wildman–Crippen LogP) is 3.97. The number of fused-ring (bicyclic) bond motifs is 5. The van der Waals surface area contributed by atoms with Crippen LogP contribution in [0.3, 0.4) is 0 Å². The number of hydrogen-bond donors (Lipinski definition) is 1. The number of hydrogen-bond acceptors (Lipinski definition) is 7. The van der Waals surface area contributed by atoms with Gasteiger partial charge >= 0.3 is 11.9 Å². The summed E-state index contributed by atoms with van der Waals surface area (Å²) in [5.41, 5.74) is 1.29. The van der Waals surface area contributed by atoms with E-state index in [-0.39, 0.29) is 41.0 Å². The molecule has 0 unspecified atom stereocenters. The van der Waals surface area contributed by atoms with Gasteiger partial charge in [0.25, 0.3) is 5.91 Å². The Balaban J connectivity index is 1.15. The van der Waals surface area contributed by atoms with Crippen LogP contribution in [0.15, 0.2) is 48.5 Å². The Morgan fingerprint density at radius 2 is 1.55 bits per heavy atom. The second-order valence-corrected chi connectivity index (χ2v) is 10.1. The predicted molar refractivity (Wildman–Crippen MR) is 137 cm³/mol. The molecular formula is C29H30N2O7. The van der Waals surface area contributed by atoms with E-state index in [1.807, 2.05) is 6.92 Å². The zero-order valence-corrected chi connectivity index (χ0v) is 21.2. The lowest BCUT2D eigenvalue weighted by molar-refractivity contribution is -0.123. The summed E-state index contributed by atoms with van der Waals surface area (Å²) in [5.74, 6) is -2.05. The number of rotatable bonds is 9. The lowest BCUT2D eigenvalue weighted by Crippen LogP contribution is -2.32. The van der Waals surface area contributed by atoms with Gasteiger partial charge in [0.1, 0.15) is 0 Å². The van der Waals surface area contributed by atoms with Gasteiger partial charge in [0.2, 0.25) is 11.8 Å². The number of imide groups is 1. The number of carbonyl (C=O) groups is 5. The lowest BCUT2D eigenvalue weighted by Gasteiger charge is -2.19. The number of anilines is 2. The molecule has 9 heteroatoms. The molecule has 9 nitrogen and oxygen atoms in total. The quantitative estimate of drug-likeness (QED) is 0.303. The van der Waals surface area contributed by atoms with Crippen LogP contribution in [0.25, 0.3) is 0 Å². The monoisotopic (exact) mass is 518 g/mol. The van der Waals surface area contributed by atoms with Crippen molar-refractivity contribution in [2.75, 3.05) is 23.4 Å². The third-order valence-corrected chi connectivity index (χ3v) is 7.74. The van der Waals surface area contributed by atoms with Gasteiger partial charge in [-0.3, -0.25) is 19.3 Å². The number of nitrogens with zero attached hydrogens (tertiary/aromatic N) is 1. The van der Waals surface area contributed by atoms with E-state index in [9.17, 15) is 24.0 Å². The zero-order chi connectivity index (χ0) is 26.8. The van der Waals surface area contributed by atoms with Crippen molar-refractivity contribution in [3.8, 4) is 0 Å². The molecule has 2 aliphatic carbocycles. The Hall–Kier alpha value is -4.01. The first-order valence-corrected chi connectivity index (χ1v) is 13.1. The van der Waals surface area contributed by atoms with Crippen molar-refractivity contribution in [3.05, 3.63) is 59.7 Å². The summed E-state index contributed by atoms with van der Waals surface area (Å²) in [7, 11) is 0. The molecule has 3 amide bonds. The lowest BCUT2D eigenvalue weighted by atomic mass is 9.81. The first kappa shape index (κ1) is 25.6. The number of benzene rings is 2. The molecule has 2 aromatic carbocycles. The van der Waals surface area contributed by atoms with E-state index >= 15 is 0 Å². The Kier molecular flexibility index (Phi) is 7.26. The molecule has 1 saturated heterocycles. The van der Waals surface area contributed by atoms with E-state index in [2.05, 4.69) is 5.32 Å². The van der Waals surface area contributed by atoms with Crippen LogP contribution in [0, 0.1) is 23.7 Å². The molecule has 198 valence electrons. The SMILES string of the molecule is CCCCOC(=O)c1ccc(NC(=O)COC(=O)c2cccc(N3C(=O)[C@@H]4[C@H]5CC[C@@H](C5)[C@H]4C3=O)c2)cc1. The number of unbranched alkanes of at least 4 members (excludes halogenated alkanes) is 1. The topological polar surface area (TPSA) is 119 Å². The van der Waals surface area contributed by atoms with Crippen molar-refractivity contribution in [1.82, 2.24) is 0 Å². The Labute approximate surface area is 220 Å². The van der Waals surface area contributed by atoms with E-state index in [1.54, 1.807) is 36.4 Å². The molecule has 1 aliphatic heterocycles. The number of amides is 3. The van der Waals surface area contributed by atoms with Gasteiger partial charge in [-0.05, 0) is 80.0 Å². The standard InChI is InChI=1S/C29H30N2O7/c1-2-3-13-37-28(35)17-9-11-21(12-10-17)30-23(32)16-38-29(36)20-5-4-6-22(15-20)31-26(33)24-18-7-8-19(14-18)25(24)27(31)34/h4-6,9-12,15,18-19,24-25H,2-3,7-8,13-14,16H2,1H3,(H,30,32)/t18-,19-,24+,25+/m0/s1. The maximum Gasteiger partial charge on any atom is 0.338 e. The Morgan fingerprint density at radius 3 is 2.21 bits per heavy atom. The Morgan fingerprint density at radius 1 is 0.895 bits per heavy atom. The first-order chi connectivity index (χ1) is 18.4. The molecule has 0 spiro atoms. The summed E-state index contributed by atoms with van der Waals surface area (Å²) in [6, 6.07) is 12.4. The van der Waals surface area contributed by atoms with Gasteiger partial charge in [-0.15, -0.1) is 0 Å². The van der Waals surface area contributed by atoms with Crippen molar-refractivity contribution in [3.63, 3.8) is 0 Å². The van der Waals surface area contributed by atoms with Gasteiger partial charge in [0.15, 0.2) is 6.61 Å². The molecule has 3 fully saturated rings. The van der Waals surface area contributed by atoms with Crippen LogP contribution in [0.1, 0.15) is 59.7 Å². The number of nitrogens with one attached hydrogen (secondary N) is 1. The highest BCUT2D eigenvalue weighted by Gasteiger charge is 2.61. The van der Waals surface area contributed by atoms with Crippen molar-refractivity contribution < 1.29 is 33.4 Å². The molecule has 1 N–H and O–H groups in total. The van der Waals surface area contributed by atoms with Crippen molar-refractivity contribution in [2.45, 2.75) is 39.0 Å². The molecule has 1 heterocycles. The first-order valence-electron chi connectivity index (χ1n) is 13.1. The maximum atomic E-state index is 13.1. The highest BCUT2D eigenvalue weighted by atomic mass is 16.5. The van der Waals surface area contributed by atoms with Gasteiger partial charge < -0.3 is 14.8 Å². The van der Waals surface area contributed by atoms with Crippen LogP contribution < -0.4 is 10.2 Å². The van der Waals surface area contributed by atoms with Crippen LogP contribution in [-0.2, 0) is 23.9 Å². The summed E-state index contributed by atoms with van der Waals surface area (Å²) in [6.07, 6.45) is 4.64. The fraction of sp³-hybridized carbons (Fsp3) is 0.414. The maximum absolute atomic E-state index is 13.1. The average Bonchev–Trinajstić information content (AvgIpc) is 3.61. The summed E-state index contributed by atoms with van der Waals surface area (Å²) < 4.78 is 10.3. The second-order valence-electron chi connectivity index (χ2n) is 10.1. The number of ether oxygens (including phenoxy) is 2. The molecule has 3 aliphatic rings. The fourth-order valence-electron chi connectivity index (χ4n) is 5.93. The van der Waals surface area contributed by atoms with Crippen molar-refractivity contribution >= 4 is 41.0 Å². The summed E-state index contributed by atoms with van der Waals surface area (Å²) >= 11 is 0.